The number of nitrogens with one attached hydrogen (secondary N) is 2. The van der Waals surface area contributed by atoms with Crippen molar-refractivity contribution >= 4 is 11.8 Å². The Morgan fingerprint density at radius 1 is 1.09 bits per heavy atom. The molecule has 2 saturated heterocycles. The molecule has 0 aromatic heterocycles. The fourth-order valence-electron chi connectivity index (χ4n) is 4.73. The third kappa shape index (κ3) is 3.69. The molecule has 1 atom stereocenters. The molecule has 0 bridgehead atoms. The normalized spacial score (nSPS) is 29.0. The minimum atomic E-state index is -0.0519. The summed E-state index contributed by atoms with van der Waals surface area (Å²) in [5.41, 5.74) is -0.00550. The highest BCUT2D eigenvalue weighted by atomic mass is 16.2. The molecule has 2 N–H and O–H groups in total. The van der Waals surface area contributed by atoms with E-state index in [0.29, 0.717) is 18.8 Å². The SMILES string of the molecule is O=C1CC2(CCCC2CCCCN2CCNCC2)CC(=O)N1. The Hall–Kier alpha value is -0.940. The van der Waals surface area contributed by atoms with E-state index < -0.39 is 0 Å². The molecule has 1 saturated carbocycles. The lowest BCUT2D eigenvalue weighted by Crippen LogP contribution is -2.46. The van der Waals surface area contributed by atoms with E-state index in [0.717, 1.165) is 19.5 Å². The number of hydrogen-bond acceptors (Lipinski definition) is 4. The maximum atomic E-state index is 11.8. The van der Waals surface area contributed by atoms with E-state index >= 15 is 0 Å². The van der Waals surface area contributed by atoms with Crippen molar-refractivity contribution in [3.8, 4) is 0 Å². The molecule has 2 aliphatic heterocycles. The van der Waals surface area contributed by atoms with Gasteiger partial charge in [0.15, 0.2) is 0 Å². The molecule has 124 valence electrons. The van der Waals surface area contributed by atoms with Crippen LogP contribution in [0.5, 0.6) is 0 Å². The third-order valence-electron chi connectivity index (χ3n) is 5.88. The summed E-state index contributed by atoms with van der Waals surface area (Å²) in [6.45, 7) is 5.76. The Morgan fingerprint density at radius 2 is 1.82 bits per heavy atom. The number of hydrogen-bond donors (Lipinski definition) is 2. The Balaban J connectivity index is 1.45. The van der Waals surface area contributed by atoms with Gasteiger partial charge < -0.3 is 10.2 Å². The molecule has 5 nitrogen and oxygen atoms in total. The summed E-state index contributed by atoms with van der Waals surface area (Å²) in [4.78, 5) is 26.1. The van der Waals surface area contributed by atoms with Gasteiger partial charge in [0.05, 0.1) is 0 Å². The lowest BCUT2D eigenvalue weighted by molar-refractivity contribution is -0.139. The van der Waals surface area contributed by atoms with Gasteiger partial charge in [0, 0.05) is 39.0 Å². The average Bonchev–Trinajstić information content (AvgIpc) is 2.85. The van der Waals surface area contributed by atoms with Crippen LogP contribution in [0.4, 0.5) is 0 Å². The van der Waals surface area contributed by atoms with Gasteiger partial charge in [-0.3, -0.25) is 14.9 Å². The number of nitrogens with zero attached hydrogens (tertiary/aromatic N) is 1. The molecule has 3 rings (SSSR count). The predicted molar refractivity (Wildman–Crippen MR) is 85.3 cm³/mol. The van der Waals surface area contributed by atoms with E-state index in [9.17, 15) is 9.59 Å². The molecule has 0 radical (unpaired) electrons. The Morgan fingerprint density at radius 3 is 2.55 bits per heavy atom. The van der Waals surface area contributed by atoms with Crippen LogP contribution in [0.15, 0.2) is 0 Å². The fourth-order valence-corrected chi connectivity index (χ4v) is 4.73. The second-order valence-electron chi connectivity index (χ2n) is 7.36. The van der Waals surface area contributed by atoms with Crippen molar-refractivity contribution in [3.05, 3.63) is 0 Å². The maximum Gasteiger partial charge on any atom is 0.227 e. The van der Waals surface area contributed by atoms with Crippen molar-refractivity contribution in [1.82, 2.24) is 15.5 Å². The Labute approximate surface area is 133 Å². The lowest BCUT2D eigenvalue weighted by Gasteiger charge is -2.37. The van der Waals surface area contributed by atoms with Crippen LogP contribution in [0, 0.1) is 11.3 Å². The monoisotopic (exact) mass is 307 g/mol. The van der Waals surface area contributed by atoms with Crippen molar-refractivity contribution in [3.63, 3.8) is 0 Å². The summed E-state index contributed by atoms with van der Waals surface area (Å²) in [5, 5.41) is 5.86. The van der Waals surface area contributed by atoms with E-state index in [-0.39, 0.29) is 17.2 Å². The van der Waals surface area contributed by atoms with Gasteiger partial charge in [-0.05, 0) is 43.6 Å². The molecular formula is C17H29N3O2. The van der Waals surface area contributed by atoms with Gasteiger partial charge in [-0.2, -0.15) is 0 Å². The topological polar surface area (TPSA) is 61.4 Å². The largest absolute Gasteiger partial charge is 0.314 e. The summed E-state index contributed by atoms with van der Waals surface area (Å²) in [6.07, 6.45) is 8.25. The van der Waals surface area contributed by atoms with E-state index in [4.69, 9.17) is 0 Å². The van der Waals surface area contributed by atoms with Crippen molar-refractivity contribution < 1.29 is 9.59 Å². The van der Waals surface area contributed by atoms with Gasteiger partial charge in [0.25, 0.3) is 0 Å². The molecule has 5 heteroatoms. The zero-order valence-corrected chi connectivity index (χ0v) is 13.5. The minimum Gasteiger partial charge on any atom is -0.314 e. The molecule has 2 heterocycles. The quantitative estimate of drug-likeness (QED) is 0.593. The minimum absolute atomic E-state index is 0.00550. The molecule has 2 amide bonds. The first-order valence-corrected chi connectivity index (χ1v) is 8.94. The number of imide groups is 1. The van der Waals surface area contributed by atoms with Crippen LogP contribution in [-0.2, 0) is 9.59 Å². The summed E-state index contributed by atoms with van der Waals surface area (Å²) in [5.74, 6) is 0.471. The van der Waals surface area contributed by atoms with Crippen LogP contribution in [0.3, 0.4) is 0 Å². The lowest BCUT2D eigenvalue weighted by atomic mass is 9.69. The van der Waals surface area contributed by atoms with Crippen molar-refractivity contribution in [1.29, 1.82) is 0 Å². The summed E-state index contributed by atoms with van der Waals surface area (Å²) < 4.78 is 0. The van der Waals surface area contributed by atoms with Gasteiger partial charge >= 0.3 is 0 Å². The molecular weight excluding hydrogens is 278 g/mol. The summed E-state index contributed by atoms with van der Waals surface area (Å²) in [6, 6.07) is 0. The van der Waals surface area contributed by atoms with Crippen LogP contribution in [0.1, 0.15) is 51.4 Å². The number of carbonyl (C=O) groups is 2. The summed E-state index contributed by atoms with van der Waals surface area (Å²) >= 11 is 0. The highest BCUT2D eigenvalue weighted by Gasteiger charge is 2.47. The van der Waals surface area contributed by atoms with Gasteiger partial charge in [0.1, 0.15) is 0 Å². The average molecular weight is 307 g/mol. The standard InChI is InChI=1S/C17H29N3O2/c21-15-12-17(13-16(22)19-15)6-3-5-14(17)4-1-2-9-20-10-7-18-8-11-20/h14,18H,1-13H2,(H,19,21,22). The molecule has 0 aromatic rings. The number of piperazine rings is 1. The number of amides is 2. The molecule has 3 aliphatic rings. The number of rotatable bonds is 5. The smallest absolute Gasteiger partial charge is 0.227 e. The molecule has 1 unspecified atom stereocenters. The Bertz CT molecular complexity index is 402. The van der Waals surface area contributed by atoms with E-state index in [2.05, 4.69) is 15.5 Å². The van der Waals surface area contributed by atoms with Crippen molar-refractivity contribution in [2.24, 2.45) is 11.3 Å². The van der Waals surface area contributed by atoms with Crippen molar-refractivity contribution in [2.45, 2.75) is 51.4 Å². The van der Waals surface area contributed by atoms with Gasteiger partial charge in [-0.15, -0.1) is 0 Å². The van der Waals surface area contributed by atoms with E-state index in [1.165, 1.54) is 51.7 Å². The maximum absolute atomic E-state index is 11.8. The van der Waals surface area contributed by atoms with E-state index in [1.807, 2.05) is 0 Å². The first-order chi connectivity index (χ1) is 10.7. The second kappa shape index (κ2) is 7.09. The fraction of sp³-hybridized carbons (Fsp3) is 0.882. The number of carbonyl (C=O) groups excluding carboxylic acids is 2. The highest BCUT2D eigenvalue weighted by molar-refractivity contribution is 5.98. The molecule has 3 fully saturated rings. The van der Waals surface area contributed by atoms with Crippen LogP contribution in [0.2, 0.25) is 0 Å². The zero-order chi connectivity index (χ0) is 15.4. The molecule has 1 spiro atoms. The van der Waals surface area contributed by atoms with Crippen LogP contribution in [-0.4, -0.2) is 49.4 Å². The molecule has 1 aliphatic carbocycles. The van der Waals surface area contributed by atoms with Gasteiger partial charge in [-0.1, -0.05) is 12.8 Å². The van der Waals surface area contributed by atoms with Crippen molar-refractivity contribution in [2.75, 3.05) is 32.7 Å². The van der Waals surface area contributed by atoms with E-state index in [1.54, 1.807) is 0 Å². The van der Waals surface area contributed by atoms with Gasteiger partial charge in [-0.25, -0.2) is 0 Å². The van der Waals surface area contributed by atoms with Gasteiger partial charge in [0.2, 0.25) is 11.8 Å². The second-order valence-corrected chi connectivity index (χ2v) is 7.36. The highest BCUT2D eigenvalue weighted by Crippen LogP contribution is 2.51. The first-order valence-electron chi connectivity index (χ1n) is 8.94. The van der Waals surface area contributed by atoms with Crippen LogP contribution < -0.4 is 10.6 Å². The summed E-state index contributed by atoms with van der Waals surface area (Å²) in [7, 11) is 0. The predicted octanol–water partition coefficient (Wildman–Crippen LogP) is 1.29. The number of piperidine rings is 1. The van der Waals surface area contributed by atoms with Crippen LogP contribution >= 0.6 is 0 Å². The Kier molecular flexibility index (Phi) is 5.14. The first kappa shape index (κ1) is 15.9. The molecule has 22 heavy (non-hydrogen) atoms. The molecule has 0 aromatic carbocycles. The van der Waals surface area contributed by atoms with Crippen LogP contribution in [0.25, 0.3) is 0 Å². The number of unbranched alkanes of at least 4 members (excludes halogenated alkanes) is 1. The third-order valence-corrected chi connectivity index (χ3v) is 5.88. The zero-order valence-electron chi connectivity index (χ0n) is 13.5.